The molecule has 1 aromatic carbocycles. The Balaban J connectivity index is 1.23. The second-order valence-electron chi connectivity index (χ2n) is 9.87. The number of hydrogen-bond donors (Lipinski definition) is 0. The second kappa shape index (κ2) is 8.08. The van der Waals surface area contributed by atoms with E-state index in [0.717, 1.165) is 71.4 Å². The molecule has 0 amide bonds. The number of ketones is 1. The summed E-state index contributed by atoms with van der Waals surface area (Å²) < 4.78 is 11.0. The highest BCUT2D eigenvalue weighted by Gasteiger charge is 2.54. The fourth-order valence-electron chi connectivity index (χ4n) is 6.65. The molecule has 3 fully saturated rings. The number of rotatable bonds is 4. The molecule has 4 aliphatic rings. The van der Waals surface area contributed by atoms with E-state index in [-0.39, 0.29) is 11.4 Å². The van der Waals surface area contributed by atoms with Crippen LogP contribution in [0.25, 0.3) is 0 Å². The molecule has 0 radical (unpaired) electrons. The molecule has 30 heavy (non-hydrogen) atoms. The smallest absolute Gasteiger partial charge is 0.312 e. The molecule has 1 aliphatic heterocycles. The molecule has 0 N–H and O–H groups in total. The Kier molecular flexibility index (Phi) is 5.44. The first-order valence-corrected chi connectivity index (χ1v) is 11.7. The molecule has 162 valence electrons. The fraction of sp³-hybridized carbons (Fsp3) is 0.680. The highest BCUT2D eigenvalue weighted by molar-refractivity contribution is 5.87. The van der Waals surface area contributed by atoms with Crippen molar-refractivity contribution < 1.29 is 19.1 Å². The van der Waals surface area contributed by atoms with Gasteiger partial charge in [0.2, 0.25) is 0 Å². The van der Waals surface area contributed by atoms with Gasteiger partial charge in [0.25, 0.3) is 0 Å². The molecule has 0 spiro atoms. The van der Waals surface area contributed by atoms with Crippen LogP contribution in [0.1, 0.15) is 62.5 Å². The van der Waals surface area contributed by atoms with Gasteiger partial charge in [0.15, 0.2) is 0 Å². The summed E-state index contributed by atoms with van der Waals surface area (Å²) in [5, 5.41) is 0. The maximum absolute atomic E-state index is 12.5. The zero-order chi connectivity index (χ0) is 20.7. The number of hydrogen-bond acceptors (Lipinski definition) is 5. The summed E-state index contributed by atoms with van der Waals surface area (Å²) in [6.45, 7) is 6.22. The van der Waals surface area contributed by atoms with E-state index in [1.165, 1.54) is 11.1 Å². The predicted molar refractivity (Wildman–Crippen MR) is 114 cm³/mol. The Bertz CT molecular complexity index is 830. The Morgan fingerprint density at radius 3 is 2.87 bits per heavy atom. The molecule has 1 saturated heterocycles. The minimum atomic E-state index is -0.159. The van der Waals surface area contributed by atoms with Crippen molar-refractivity contribution in [3.05, 3.63) is 29.3 Å². The minimum Gasteiger partial charge on any atom is -0.426 e. The van der Waals surface area contributed by atoms with E-state index in [2.05, 4.69) is 24.0 Å². The topological polar surface area (TPSA) is 55.8 Å². The molecule has 2 saturated carbocycles. The average Bonchev–Trinajstić information content (AvgIpc) is 3.07. The number of aryl methyl sites for hydroxylation is 1. The van der Waals surface area contributed by atoms with Crippen molar-refractivity contribution in [2.24, 2.45) is 17.3 Å². The van der Waals surface area contributed by atoms with Crippen molar-refractivity contribution >= 4 is 11.8 Å². The number of nitrogens with zero attached hydrogens (tertiary/aromatic N) is 1. The number of fused-ring (bicyclic) bond motifs is 5. The van der Waals surface area contributed by atoms with Gasteiger partial charge >= 0.3 is 5.97 Å². The number of benzene rings is 1. The molecule has 4 atom stereocenters. The molecule has 4 unspecified atom stereocenters. The lowest BCUT2D eigenvalue weighted by Gasteiger charge is -2.48. The summed E-state index contributed by atoms with van der Waals surface area (Å²) in [6.07, 6.45) is 6.57. The van der Waals surface area contributed by atoms with Gasteiger partial charge in [0.1, 0.15) is 11.5 Å². The van der Waals surface area contributed by atoms with E-state index in [9.17, 15) is 9.59 Å². The molecule has 0 bridgehead atoms. The van der Waals surface area contributed by atoms with E-state index in [1.54, 1.807) is 0 Å². The van der Waals surface area contributed by atoms with Crippen LogP contribution in [-0.4, -0.2) is 49.5 Å². The minimum absolute atomic E-state index is 0.0748. The van der Waals surface area contributed by atoms with E-state index in [1.807, 2.05) is 6.07 Å². The maximum Gasteiger partial charge on any atom is 0.312 e. The summed E-state index contributed by atoms with van der Waals surface area (Å²) in [5.74, 6) is 2.75. The van der Waals surface area contributed by atoms with Crippen LogP contribution >= 0.6 is 0 Å². The van der Waals surface area contributed by atoms with Gasteiger partial charge in [-0.25, -0.2) is 0 Å². The van der Waals surface area contributed by atoms with E-state index in [4.69, 9.17) is 9.47 Å². The van der Waals surface area contributed by atoms with Gasteiger partial charge in [-0.05, 0) is 73.1 Å². The number of ether oxygens (including phenoxy) is 2. The van der Waals surface area contributed by atoms with Crippen LogP contribution in [0.3, 0.4) is 0 Å². The van der Waals surface area contributed by atoms with Gasteiger partial charge in [-0.3, -0.25) is 14.5 Å². The summed E-state index contributed by atoms with van der Waals surface area (Å²) in [4.78, 5) is 27.1. The maximum atomic E-state index is 12.5. The molecule has 5 heteroatoms. The van der Waals surface area contributed by atoms with Gasteiger partial charge < -0.3 is 9.47 Å². The van der Waals surface area contributed by atoms with Crippen LogP contribution < -0.4 is 4.74 Å². The molecular weight excluding hydrogens is 378 g/mol. The summed E-state index contributed by atoms with van der Waals surface area (Å²) in [5.41, 5.74) is 2.69. The fourth-order valence-corrected chi connectivity index (χ4v) is 6.65. The molecule has 1 heterocycles. The third-order valence-corrected chi connectivity index (χ3v) is 8.37. The first kappa shape index (κ1) is 20.2. The number of carbonyl (C=O) groups is 2. The molecule has 5 rings (SSSR count). The van der Waals surface area contributed by atoms with Crippen LogP contribution in [0.5, 0.6) is 5.75 Å². The van der Waals surface area contributed by atoms with E-state index >= 15 is 0 Å². The Labute approximate surface area is 179 Å². The van der Waals surface area contributed by atoms with E-state index < -0.39 is 0 Å². The van der Waals surface area contributed by atoms with Crippen molar-refractivity contribution in [1.29, 1.82) is 0 Å². The molecule has 0 aromatic heterocycles. The van der Waals surface area contributed by atoms with Crippen LogP contribution in [0.2, 0.25) is 0 Å². The molecular formula is C25H33NO4. The van der Waals surface area contributed by atoms with Gasteiger partial charge in [-0.1, -0.05) is 13.0 Å². The number of Topliss-reactive ketones (excluding diaryl/α,β-unsaturated/α-hetero) is 1. The van der Waals surface area contributed by atoms with Crippen molar-refractivity contribution in [3.63, 3.8) is 0 Å². The molecule has 3 aliphatic carbocycles. The standard InChI is InChI=1S/C25H33NO4/c1-25-10-8-20-19-5-3-18(30-24(28)9-11-26-12-14-29-15-13-26)16-17(19)2-4-21(20)22(25)6-7-23(25)27/h3,5,16,20-22H,2,4,6-15H2,1H3. The normalized spacial score (nSPS) is 33.5. The van der Waals surface area contributed by atoms with Gasteiger partial charge in [0, 0.05) is 31.5 Å². The third-order valence-electron chi connectivity index (χ3n) is 8.37. The van der Waals surface area contributed by atoms with Crippen molar-refractivity contribution in [2.45, 2.75) is 57.8 Å². The monoisotopic (exact) mass is 411 g/mol. The van der Waals surface area contributed by atoms with Gasteiger partial charge in [-0.2, -0.15) is 0 Å². The highest BCUT2D eigenvalue weighted by Crippen LogP contribution is 2.59. The van der Waals surface area contributed by atoms with E-state index in [0.29, 0.717) is 35.7 Å². The quantitative estimate of drug-likeness (QED) is 0.558. The zero-order valence-corrected chi connectivity index (χ0v) is 18.0. The van der Waals surface area contributed by atoms with Crippen molar-refractivity contribution in [1.82, 2.24) is 4.90 Å². The Hall–Kier alpha value is -1.72. The van der Waals surface area contributed by atoms with Crippen molar-refractivity contribution in [3.8, 4) is 5.75 Å². The van der Waals surface area contributed by atoms with Crippen LogP contribution in [-0.2, 0) is 20.7 Å². The van der Waals surface area contributed by atoms with Gasteiger partial charge in [0.05, 0.1) is 19.6 Å². The second-order valence-corrected chi connectivity index (χ2v) is 9.87. The SMILES string of the molecule is CC12CCC3c4ccc(OC(=O)CCN5CCOCC5)cc4CCC3C1CCC2=O. The zero-order valence-electron chi connectivity index (χ0n) is 18.0. The largest absolute Gasteiger partial charge is 0.426 e. The molecule has 1 aromatic rings. The van der Waals surface area contributed by atoms with Crippen LogP contribution in [0.4, 0.5) is 0 Å². The molecule has 5 nitrogen and oxygen atoms in total. The lowest BCUT2D eigenvalue weighted by Crippen LogP contribution is -2.42. The third kappa shape index (κ3) is 3.60. The number of morpholine rings is 1. The summed E-state index contributed by atoms with van der Waals surface area (Å²) in [6, 6.07) is 6.25. The summed E-state index contributed by atoms with van der Waals surface area (Å²) in [7, 11) is 0. The number of carbonyl (C=O) groups excluding carboxylic acids is 2. The Morgan fingerprint density at radius 1 is 1.20 bits per heavy atom. The van der Waals surface area contributed by atoms with Gasteiger partial charge in [-0.15, -0.1) is 0 Å². The first-order valence-electron chi connectivity index (χ1n) is 11.7. The highest BCUT2D eigenvalue weighted by atomic mass is 16.5. The average molecular weight is 412 g/mol. The van der Waals surface area contributed by atoms with Crippen LogP contribution in [0, 0.1) is 17.3 Å². The lowest BCUT2D eigenvalue weighted by molar-refractivity contribution is -0.135. The Morgan fingerprint density at radius 2 is 2.03 bits per heavy atom. The summed E-state index contributed by atoms with van der Waals surface area (Å²) >= 11 is 0. The number of esters is 1. The van der Waals surface area contributed by atoms with Crippen molar-refractivity contribution in [2.75, 3.05) is 32.8 Å². The predicted octanol–water partition coefficient (Wildman–Crippen LogP) is 3.74. The van der Waals surface area contributed by atoms with Crippen LogP contribution in [0.15, 0.2) is 18.2 Å². The lowest BCUT2D eigenvalue weighted by atomic mass is 9.55. The first-order chi connectivity index (χ1) is 14.5.